The third-order valence-corrected chi connectivity index (χ3v) is 3.99. The molecule has 1 unspecified atom stereocenters. The number of carbonyl (C=O) groups is 2. The van der Waals surface area contributed by atoms with E-state index >= 15 is 0 Å². The molecular formula is C12H11Br2NO3. The molecule has 0 radical (unpaired) electrons. The van der Waals surface area contributed by atoms with Crippen LogP contribution in [0.25, 0.3) is 0 Å². The Morgan fingerprint density at radius 3 is 2.78 bits per heavy atom. The minimum Gasteiger partial charge on any atom is -0.465 e. The first-order chi connectivity index (χ1) is 8.54. The van der Waals surface area contributed by atoms with Gasteiger partial charge in [0.15, 0.2) is 0 Å². The van der Waals surface area contributed by atoms with Crippen molar-refractivity contribution >= 4 is 49.4 Å². The maximum absolute atomic E-state index is 11.9. The number of para-hydroxylation sites is 1. The summed E-state index contributed by atoms with van der Waals surface area (Å²) in [7, 11) is 1.33. The van der Waals surface area contributed by atoms with Gasteiger partial charge in [-0.1, -0.05) is 22.0 Å². The molecule has 1 aliphatic heterocycles. The Bertz CT molecular complexity index is 504. The quantitative estimate of drug-likeness (QED) is 0.589. The third-order valence-electron chi connectivity index (χ3n) is 2.74. The second kappa shape index (κ2) is 5.40. The van der Waals surface area contributed by atoms with Crippen LogP contribution in [-0.4, -0.2) is 30.4 Å². The van der Waals surface area contributed by atoms with Crippen LogP contribution in [-0.2, 0) is 9.53 Å². The summed E-state index contributed by atoms with van der Waals surface area (Å²) in [5.41, 5.74) is 0.970. The lowest BCUT2D eigenvalue weighted by Crippen LogP contribution is -2.27. The number of amides is 1. The molecule has 0 spiro atoms. The van der Waals surface area contributed by atoms with Crippen molar-refractivity contribution in [3.05, 3.63) is 28.2 Å². The monoisotopic (exact) mass is 375 g/mol. The standard InChI is InChI=1S/C12H11Br2NO3/c1-18-12(17)8-3-2-4-9(14)11(8)15-6-7(13)5-10(15)16/h2-4,7H,5-6H2,1H3. The normalized spacial score (nSPS) is 19.2. The number of methoxy groups -OCH3 is 1. The van der Waals surface area contributed by atoms with Crippen LogP contribution < -0.4 is 4.90 Å². The molecule has 0 aliphatic carbocycles. The molecule has 4 nitrogen and oxygen atoms in total. The summed E-state index contributed by atoms with van der Waals surface area (Å²) >= 11 is 6.81. The molecule has 6 heteroatoms. The zero-order valence-corrected chi connectivity index (χ0v) is 12.8. The highest BCUT2D eigenvalue weighted by molar-refractivity contribution is 9.10. The lowest BCUT2D eigenvalue weighted by Gasteiger charge is -2.20. The average Bonchev–Trinajstić information content (AvgIpc) is 2.67. The summed E-state index contributed by atoms with van der Waals surface area (Å²) in [4.78, 5) is 25.4. The van der Waals surface area contributed by atoms with Gasteiger partial charge in [0.25, 0.3) is 0 Å². The van der Waals surface area contributed by atoms with Crippen molar-refractivity contribution in [2.75, 3.05) is 18.6 Å². The minimum absolute atomic E-state index is 0.00562. The van der Waals surface area contributed by atoms with Crippen LogP contribution in [0.4, 0.5) is 5.69 Å². The van der Waals surface area contributed by atoms with E-state index in [2.05, 4.69) is 31.9 Å². The van der Waals surface area contributed by atoms with Gasteiger partial charge >= 0.3 is 5.97 Å². The van der Waals surface area contributed by atoms with Gasteiger partial charge in [-0.3, -0.25) is 4.79 Å². The minimum atomic E-state index is -0.447. The molecule has 1 heterocycles. The maximum Gasteiger partial charge on any atom is 0.340 e. The van der Waals surface area contributed by atoms with Crippen molar-refractivity contribution in [1.82, 2.24) is 0 Å². The summed E-state index contributed by atoms with van der Waals surface area (Å²) in [6.45, 7) is 0.547. The van der Waals surface area contributed by atoms with Crippen molar-refractivity contribution < 1.29 is 14.3 Å². The van der Waals surface area contributed by atoms with E-state index in [-0.39, 0.29) is 10.7 Å². The van der Waals surface area contributed by atoms with Gasteiger partial charge in [0.2, 0.25) is 5.91 Å². The molecule has 1 aliphatic rings. The van der Waals surface area contributed by atoms with E-state index in [4.69, 9.17) is 4.74 Å². The number of halogens is 2. The Labute approximate surface area is 122 Å². The van der Waals surface area contributed by atoms with Gasteiger partial charge in [-0.05, 0) is 28.1 Å². The molecule has 0 N–H and O–H groups in total. The van der Waals surface area contributed by atoms with Crippen LogP contribution in [0.5, 0.6) is 0 Å². The van der Waals surface area contributed by atoms with Crippen LogP contribution in [0.1, 0.15) is 16.8 Å². The molecule has 2 rings (SSSR count). The number of carbonyl (C=O) groups excluding carboxylic acids is 2. The van der Waals surface area contributed by atoms with Gasteiger partial charge in [0, 0.05) is 22.3 Å². The van der Waals surface area contributed by atoms with E-state index in [1.807, 2.05) is 0 Å². The van der Waals surface area contributed by atoms with Crippen LogP contribution >= 0.6 is 31.9 Å². The van der Waals surface area contributed by atoms with Crippen molar-refractivity contribution in [2.24, 2.45) is 0 Å². The average molecular weight is 377 g/mol. The summed E-state index contributed by atoms with van der Waals surface area (Å²) < 4.78 is 5.45. The van der Waals surface area contributed by atoms with Crippen LogP contribution in [0.15, 0.2) is 22.7 Å². The summed E-state index contributed by atoms with van der Waals surface area (Å²) in [6, 6.07) is 5.20. The van der Waals surface area contributed by atoms with Crippen LogP contribution in [0.3, 0.4) is 0 Å². The molecule has 0 bridgehead atoms. The molecule has 1 atom stereocenters. The van der Waals surface area contributed by atoms with E-state index in [1.165, 1.54) is 7.11 Å². The first kappa shape index (κ1) is 13.5. The predicted octanol–water partition coefficient (Wildman–Crippen LogP) is 2.74. The van der Waals surface area contributed by atoms with E-state index < -0.39 is 5.97 Å². The third kappa shape index (κ3) is 2.44. The van der Waals surface area contributed by atoms with Crippen molar-refractivity contribution in [2.45, 2.75) is 11.2 Å². The van der Waals surface area contributed by atoms with Gasteiger partial charge < -0.3 is 9.64 Å². The number of benzene rings is 1. The second-order valence-electron chi connectivity index (χ2n) is 3.93. The van der Waals surface area contributed by atoms with Crippen molar-refractivity contribution in [3.63, 3.8) is 0 Å². The van der Waals surface area contributed by atoms with E-state index in [9.17, 15) is 9.59 Å². The molecule has 1 aromatic rings. The lowest BCUT2D eigenvalue weighted by atomic mass is 10.1. The van der Waals surface area contributed by atoms with Gasteiger partial charge in [0.05, 0.1) is 18.4 Å². The second-order valence-corrected chi connectivity index (χ2v) is 6.08. The number of esters is 1. The predicted molar refractivity (Wildman–Crippen MR) is 75.2 cm³/mol. The Morgan fingerprint density at radius 2 is 2.22 bits per heavy atom. The highest BCUT2D eigenvalue weighted by Gasteiger charge is 2.32. The number of anilines is 1. The van der Waals surface area contributed by atoms with Crippen molar-refractivity contribution in [1.29, 1.82) is 0 Å². The van der Waals surface area contributed by atoms with E-state index in [1.54, 1.807) is 23.1 Å². The fraction of sp³-hybridized carbons (Fsp3) is 0.333. The number of rotatable bonds is 2. The molecular weight excluding hydrogens is 366 g/mol. The largest absolute Gasteiger partial charge is 0.465 e. The molecule has 1 fully saturated rings. The smallest absolute Gasteiger partial charge is 0.340 e. The topological polar surface area (TPSA) is 46.6 Å². The fourth-order valence-electron chi connectivity index (χ4n) is 1.94. The Hall–Kier alpha value is -0.880. The number of alkyl halides is 1. The zero-order valence-electron chi connectivity index (χ0n) is 9.65. The van der Waals surface area contributed by atoms with Crippen molar-refractivity contribution in [3.8, 4) is 0 Å². The molecule has 18 heavy (non-hydrogen) atoms. The number of ether oxygens (including phenoxy) is 1. The first-order valence-electron chi connectivity index (χ1n) is 5.36. The molecule has 1 aromatic carbocycles. The molecule has 1 saturated heterocycles. The summed E-state index contributed by atoms with van der Waals surface area (Å²) in [6.07, 6.45) is 0.432. The number of hydrogen-bond acceptors (Lipinski definition) is 3. The lowest BCUT2D eigenvalue weighted by molar-refractivity contribution is -0.117. The van der Waals surface area contributed by atoms with Gasteiger partial charge in [-0.2, -0.15) is 0 Å². The number of nitrogens with zero attached hydrogens (tertiary/aromatic N) is 1. The Balaban J connectivity index is 2.49. The highest BCUT2D eigenvalue weighted by Crippen LogP contribution is 2.34. The molecule has 1 amide bonds. The van der Waals surface area contributed by atoms with Crippen LogP contribution in [0, 0.1) is 0 Å². The fourth-order valence-corrected chi connectivity index (χ4v) is 3.09. The summed E-state index contributed by atoms with van der Waals surface area (Å²) in [5, 5.41) is 0. The van der Waals surface area contributed by atoms with Gasteiger partial charge in [-0.15, -0.1) is 0 Å². The first-order valence-corrected chi connectivity index (χ1v) is 7.06. The van der Waals surface area contributed by atoms with E-state index in [0.29, 0.717) is 28.7 Å². The molecule has 0 aromatic heterocycles. The number of hydrogen-bond donors (Lipinski definition) is 0. The van der Waals surface area contributed by atoms with Crippen LogP contribution in [0.2, 0.25) is 0 Å². The van der Waals surface area contributed by atoms with E-state index in [0.717, 1.165) is 0 Å². The highest BCUT2D eigenvalue weighted by atomic mass is 79.9. The zero-order chi connectivity index (χ0) is 13.3. The van der Waals surface area contributed by atoms with Gasteiger partial charge in [0.1, 0.15) is 0 Å². The molecule has 0 saturated carbocycles. The Kier molecular flexibility index (Phi) is 4.07. The maximum atomic E-state index is 11.9. The SMILES string of the molecule is COC(=O)c1cccc(Br)c1N1CC(Br)CC1=O. The Morgan fingerprint density at radius 1 is 1.50 bits per heavy atom. The summed E-state index contributed by atoms with van der Waals surface area (Å²) in [5.74, 6) is -0.453. The molecule has 96 valence electrons. The van der Waals surface area contributed by atoms with Gasteiger partial charge in [-0.25, -0.2) is 4.79 Å².